The monoisotopic (exact) mass is 290 g/mol. The lowest BCUT2D eigenvalue weighted by Gasteiger charge is -2.06. The molecule has 0 aliphatic carbocycles. The third-order valence-corrected chi connectivity index (χ3v) is 3.43. The van der Waals surface area contributed by atoms with Gasteiger partial charge < -0.3 is 0 Å². The van der Waals surface area contributed by atoms with Crippen LogP contribution in [0.5, 0.6) is 0 Å². The summed E-state index contributed by atoms with van der Waals surface area (Å²) in [6.07, 6.45) is 0. The number of benzene rings is 1. The predicted octanol–water partition coefficient (Wildman–Crippen LogP) is 1.77. The normalized spacial score (nSPS) is 11.2. The second-order valence-electron chi connectivity index (χ2n) is 3.48. The Hall–Kier alpha value is -1.44. The lowest BCUT2D eigenvalue weighted by molar-refractivity contribution is -0.385. The van der Waals surface area contributed by atoms with Crippen LogP contribution in [0.4, 0.5) is 5.69 Å². The number of nitro groups is 1. The molecule has 0 radical (unpaired) electrons. The van der Waals surface area contributed by atoms with Crippen LogP contribution in [0.2, 0.25) is 0 Å². The average molecular weight is 291 g/mol. The van der Waals surface area contributed by atoms with E-state index in [4.69, 9.17) is 11.6 Å². The summed E-state index contributed by atoms with van der Waals surface area (Å²) in [5, 5.41) is 10.9. The lowest BCUT2D eigenvalue weighted by atomic mass is 10.2. The van der Waals surface area contributed by atoms with Gasteiger partial charge in [-0.25, -0.2) is 13.1 Å². The maximum absolute atomic E-state index is 11.6. The molecule has 0 aromatic heterocycles. The molecule has 0 atom stereocenters. The molecule has 6 nitrogen and oxygen atoms in total. The van der Waals surface area contributed by atoms with Crippen molar-refractivity contribution in [3.8, 4) is 0 Å². The molecule has 0 aliphatic heterocycles. The van der Waals surface area contributed by atoms with Gasteiger partial charge in [0.1, 0.15) is 0 Å². The van der Waals surface area contributed by atoms with Crippen LogP contribution < -0.4 is 4.72 Å². The topological polar surface area (TPSA) is 89.3 Å². The van der Waals surface area contributed by atoms with Gasteiger partial charge in [-0.3, -0.25) is 10.1 Å². The zero-order chi connectivity index (χ0) is 13.8. The molecular formula is C10H11ClN2O4S. The summed E-state index contributed by atoms with van der Waals surface area (Å²) in [5.74, 6) is -0.478. The van der Waals surface area contributed by atoms with E-state index in [0.717, 1.165) is 0 Å². The minimum atomic E-state index is -3.69. The molecule has 8 heteroatoms. The highest BCUT2D eigenvalue weighted by atomic mass is 35.5. The van der Waals surface area contributed by atoms with Crippen molar-refractivity contribution in [1.82, 2.24) is 4.72 Å². The Morgan fingerprint density at radius 1 is 1.44 bits per heavy atom. The molecule has 0 saturated heterocycles. The van der Waals surface area contributed by atoms with Crippen molar-refractivity contribution < 1.29 is 13.3 Å². The first kappa shape index (κ1) is 14.6. The number of nitrogens with one attached hydrogen (secondary N) is 1. The van der Waals surface area contributed by atoms with E-state index in [9.17, 15) is 18.5 Å². The fourth-order valence-electron chi connectivity index (χ4n) is 1.26. The number of hydrogen-bond donors (Lipinski definition) is 1. The van der Waals surface area contributed by atoms with Crippen LogP contribution in [-0.4, -0.2) is 19.9 Å². The smallest absolute Gasteiger partial charge is 0.258 e. The van der Waals surface area contributed by atoms with E-state index in [-0.39, 0.29) is 22.8 Å². The summed E-state index contributed by atoms with van der Waals surface area (Å²) in [7, 11) is -3.69. The summed E-state index contributed by atoms with van der Waals surface area (Å²) in [4.78, 5) is 10.1. The maximum atomic E-state index is 11.6. The molecule has 0 aliphatic rings. The molecule has 1 N–H and O–H groups in total. The van der Waals surface area contributed by atoms with Gasteiger partial charge in [-0.15, -0.1) is 0 Å². The van der Waals surface area contributed by atoms with Crippen LogP contribution in [0.1, 0.15) is 5.56 Å². The fourth-order valence-corrected chi connectivity index (χ4v) is 2.55. The number of nitrogens with zero attached hydrogens (tertiary/aromatic N) is 1. The minimum Gasteiger partial charge on any atom is -0.258 e. The fraction of sp³-hybridized carbons (Fsp3) is 0.200. The molecule has 18 heavy (non-hydrogen) atoms. The van der Waals surface area contributed by atoms with Gasteiger partial charge in [0, 0.05) is 23.2 Å². The quantitative estimate of drug-likeness (QED) is 0.638. The van der Waals surface area contributed by atoms with Gasteiger partial charge in [-0.2, -0.15) is 0 Å². The molecule has 0 spiro atoms. The number of halogens is 1. The van der Waals surface area contributed by atoms with E-state index in [1.165, 1.54) is 18.2 Å². The van der Waals surface area contributed by atoms with Crippen LogP contribution in [0.15, 0.2) is 35.9 Å². The molecule has 1 rings (SSSR count). The van der Waals surface area contributed by atoms with Crippen LogP contribution >= 0.6 is 11.6 Å². The molecule has 1 aromatic carbocycles. The number of hydrogen-bond acceptors (Lipinski definition) is 4. The van der Waals surface area contributed by atoms with E-state index < -0.39 is 20.7 Å². The number of rotatable bonds is 6. The zero-order valence-electron chi connectivity index (χ0n) is 9.30. The van der Waals surface area contributed by atoms with Crippen LogP contribution in [0.3, 0.4) is 0 Å². The van der Waals surface area contributed by atoms with Crippen molar-refractivity contribution in [1.29, 1.82) is 0 Å². The highest BCUT2D eigenvalue weighted by molar-refractivity contribution is 7.88. The summed E-state index contributed by atoms with van der Waals surface area (Å²) < 4.78 is 25.5. The molecule has 98 valence electrons. The van der Waals surface area contributed by atoms with Gasteiger partial charge in [0.2, 0.25) is 10.0 Å². The Bertz CT molecular complexity index is 571. The van der Waals surface area contributed by atoms with Crippen molar-refractivity contribution in [3.63, 3.8) is 0 Å². The number of sulfonamides is 1. The molecule has 0 saturated carbocycles. The van der Waals surface area contributed by atoms with E-state index in [2.05, 4.69) is 11.3 Å². The van der Waals surface area contributed by atoms with Crippen molar-refractivity contribution in [3.05, 3.63) is 51.6 Å². The summed E-state index contributed by atoms with van der Waals surface area (Å²) in [6, 6.07) is 5.67. The zero-order valence-corrected chi connectivity index (χ0v) is 10.9. The molecule has 0 fully saturated rings. The molecular weight excluding hydrogens is 280 g/mol. The van der Waals surface area contributed by atoms with Gasteiger partial charge >= 0.3 is 0 Å². The molecule has 1 aromatic rings. The largest absolute Gasteiger partial charge is 0.273 e. The van der Waals surface area contributed by atoms with Gasteiger partial charge in [0.15, 0.2) is 0 Å². The van der Waals surface area contributed by atoms with Gasteiger partial charge in [-0.1, -0.05) is 36.4 Å². The standard InChI is InChI=1S/C10H11ClN2O4S/c1-8(11)6-12-18(16,17)7-9-4-2-3-5-10(9)13(14)15/h2-5,12H,1,6-7H2. The summed E-state index contributed by atoms with van der Waals surface area (Å²) >= 11 is 5.44. The van der Waals surface area contributed by atoms with E-state index in [1.807, 2.05) is 0 Å². The average Bonchev–Trinajstić information content (AvgIpc) is 2.26. The minimum absolute atomic E-state index is 0.107. The molecule has 0 heterocycles. The first-order valence-corrected chi connectivity index (χ1v) is 6.88. The first-order chi connectivity index (χ1) is 8.32. The van der Waals surface area contributed by atoms with Crippen LogP contribution in [0, 0.1) is 10.1 Å². The second-order valence-corrected chi connectivity index (χ2v) is 5.82. The van der Waals surface area contributed by atoms with Crippen molar-refractivity contribution >= 4 is 27.3 Å². The van der Waals surface area contributed by atoms with Gasteiger partial charge in [0.25, 0.3) is 5.69 Å². The van der Waals surface area contributed by atoms with Crippen LogP contribution in [0.25, 0.3) is 0 Å². The first-order valence-electron chi connectivity index (χ1n) is 4.85. The van der Waals surface area contributed by atoms with Crippen molar-refractivity contribution in [2.24, 2.45) is 0 Å². The van der Waals surface area contributed by atoms with Crippen molar-refractivity contribution in [2.45, 2.75) is 5.75 Å². The predicted molar refractivity (Wildman–Crippen MR) is 68.7 cm³/mol. The van der Waals surface area contributed by atoms with Gasteiger partial charge in [0.05, 0.1) is 10.7 Å². The van der Waals surface area contributed by atoms with E-state index >= 15 is 0 Å². The third-order valence-electron chi connectivity index (χ3n) is 2.02. The Morgan fingerprint density at radius 3 is 2.61 bits per heavy atom. The van der Waals surface area contributed by atoms with Gasteiger partial charge in [-0.05, 0) is 0 Å². The molecule has 0 amide bonds. The highest BCUT2D eigenvalue weighted by Gasteiger charge is 2.19. The SMILES string of the molecule is C=C(Cl)CNS(=O)(=O)Cc1ccccc1[N+](=O)[O-]. The summed E-state index contributed by atoms with van der Waals surface area (Å²) in [5.41, 5.74) is -0.109. The van der Waals surface area contributed by atoms with E-state index in [0.29, 0.717) is 0 Å². The Kier molecular flexibility index (Phi) is 4.83. The Morgan fingerprint density at radius 2 is 2.06 bits per heavy atom. The number of nitro benzene ring substituents is 1. The van der Waals surface area contributed by atoms with Crippen molar-refractivity contribution in [2.75, 3.05) is 6.54 Å². The third kappa shape index (κ3) is 4.44. The molecule has 0 bridgehead atoms. The number of para-hydroxylation sites is 1. The Balaban J connectivity index is 2.90. The molecule has 0 unspecified atom stereocenters. The maximum Gasteiger partial charge on any atom is 0.273 e. The Labute approximate surface area is 109 Å². The highest BCUT2D eigenvalue weighted by Crippen LogP contribution is 2.19. The van der Waals surface area contributed by atoms with Crippen LogP contribution in [-0.2, 0) is 15.8 Å². The summed E-state index contributed by atoms with van der Waals surface area (Å²) in [6.45, 7) is 3.23. The van der Waals surface area contributed by atoms with E-state index in [1.54, 1.807) is 6.07 Å². The second kappa shape index (κ2) is 5.94. The lowest BCUT2D eigenvalue weighted by Crippen LogP contribution is -2.26.